The number of benzene rings is 2. The van der Waals surface area contributed by atoms with Gasteiger partial charge in [0, 0.05) is 5.69 Å². The van der Waals surface area contributed by atoms with Crippen LogP contribution in [-0.4, -0.2) is 11.1 Å². The lowest BCUT2D eigenvalue weighted by molar-refractivity contribution is 0.0698. The molecule has 0 aliphatic rings. The lowest BCUT2D eigenvalue weighted by atomic mass is 10.1. The minimum atomic E-state index is -1.31. The molecular weight excluding hydrogens is 280 g/mol. The Morgan fingerprint density at radius 1 is 1.24 bits per heavy atom. The molecule has 5 nitrogen and oxygen atoms in total. The summed E-state index contributed by atoms with van der Waals surface area (Å²) >= 11 is 0. The summed E-state index contributed by atoms with van der Waals surface area (Å²) in [7, 11) is 0. The minimum Gasteiger partial charge on any atom is -0.478 e. The third kappa shape index (κ3) is 2.90. The van der Waals surface area contributed by atoms with Crippen molar-refractivity contribution in [2.24, 2.45) is 0 Å². The van der Waals surface area contributed by atoms with Gasteiger partial charge in [0.2, 0.25) is 0 Å². The first-order chi connectivity index (χ1) is 9.92. The number of nitriles is 1. The zero-order chi connectivity index (χ0) is 15.6. The average Bonchev–Trinajstić information content (AvgIpc) is 2.42. The van der Waals surface area contributed by atoms with Gasteiger partial charge in [-0.1, -0.05) is 0 Å². The maximum atomic E-state index is 13.8. The molecule has 106 valence electrons. The largest absolute Gasteiger partial charge is 0.478 e. The monoisotopic (exact) mass is 289 g/mol. The van der Waals surface area contributed by atoms with Crippen molar-refractivity contribution in [1.29, 1.82) is 5.26 Å². The second kappa shape index (κ2) is 5.46. The number of nitrogens with two attached hydrogens (primary N) is 1. The molecule has 0 aromatic heterocycles. The van der Waals surface area contributed by atoms with Gasteiger partial charge < -0.3 is 16.2 Å². The zero-order valence-corrected chi connectivity index (χ0v) is 10.5. The number of carbonyl (C=O) groups is 1. The molecule has 0 atom stereocenters. The van der Waals surface area contributed by atoms with E-state index < -0.39 is 17.6 Å². The molecule has 0 aliphatic carbocycles. The van der Waals surface area contributed by atoms with E-state index in [2.05, 4.69) is 5.32 Å². The Kier molecular flexibility index (Phi) is 3.71. The predicted octanol–water partition coefficient (Wildman–Crippen LogP) is 2.86. The highest BCUT2D eigenvalue weighted by molar-refractivity contribution is 5.95. The molecule has 0 saturated carbocycles. The molecule has 0 bridgehead atoms. The summed E-state index contributed by atoms with van der Waals surface area (Å²) in [5, 5.41) is 20.4. The van der Waals surface area contributed by atoms with Crippen molar-refractivity contribution in [3.63, 3.8) is 0 Å². The topological polar surface area (TPSA) is 99.1 Å². The van der Waals surface area contributed by atoms with Crippen molar-refractivity contribution in [2.75, 3.05) is 11.1 Å². The molecule has 0 fully saturated rings. The number of halogens is 2. The van der Waals surface area contributed by atoms with Crippen molar-refractivity contribution in [3.05, 3.63) is 53.1 Å². The molecule has 2 rings (SSSR count). The Balaban J connectivity index is 2.47. The van der Waals surface area contributed by atoms with E-state index in [0.29, 0.717) is 0 Å². The molecule has 0 amide bonds. The smallest absolute Gasteiger partial charge is 0.337 e. The van der Waals surface area contributed by atoms with Crippen LogP contribution in [0.5, 0.6) is 0 Å². The molecule has 2 aromatic rings. The number of aromatic carboxylic acids is 1. The van der Waals surface area contributed by atoms with Crippen LogP contribution < -0.4 is 11.1 Å². The first kappa shape index (κ1) is 14.3. The van der Waals surface area contributed by atoms with Crippen LogP contribution in [0.4, 0.5) is 25.8 Å². The SMILES string of the molecule is N#Cc1cc(F)ccc1Nc1cc(C(=O)O)c(N)cc1F. The lowest BCUT2D eigenvalue weighted by Crippen LogP contribution is -2.06. The summed E-state index contributed by atoms with van der Waals surface area (Å²) < 4.78 is 26.8. The van der Waals surface area contributed by atoms with Gasteiger partial charge in [0.25, 0.3) is 0 Å². The standard InChI is InChI=1S/C14H9F2N3O2/c15-8-1-2-12(7(3-8)6-17)19-13-4-9(14(20)21)11(18)5-10(13)16/h1-5,19H,18H2,(H,20,21). The zero-order valence-electron chi connectivity index (χ0n) is 10.5. The van der Waals surface area contributed by atoms with Crippen LogP contribution in [0.25, 0.3) is 0 Å². The minimum absolute atomic E-state index is 0.0388. The summed E-state index contributed by atoms with van der Waals surface area (Å²) in [6.45, 7) is 0. The van der Waals surface area contributed by atoms with Gasteiger partial charge in [0.1, 0.15) is 17.7 Å². The van der Waals surface area contributed by atoms with Crippen molar-refractivity contribution in [1.82, 2.24) is 0 Å². The molecule has 21 heavy (non-hydrogen) atoms. The molecule has 0 aliphatic heterocycles. The summed E-state index contributed by atoms with van der Waals surface area (Å²) in [6.07, 6.45) is 0. The Hall–Kier alpha value is -3.14. The summed E-state index contributed by atoms with van der Waals surface area (Å²) in [6, 6.07) is 6.96. The van der Waals surface area contributed by atoms with Crippen LogP contribution in [0.15, 0.2) is 30.3 Å². The summed E-state index contributed by atoms with van der Waals surface area (Å²) in [4.78, 5) is 11.0. The van der Waals surface area contributed by atoms with E-state index in [1.807, 2.05) is 0 Å². The van der Waals surface area contributed by atoms with Crippen molar-refractivity contribution < 1.29 is 18.7 Å². The van der Waals surface area contributed by atoms with Gasteiger partial charge in [0.15, 0.2) is 0 Å². The molecule has 0 radical (unpaired) electrons. The second-order valence-electron chi connectivity index (χ2n) is 4.15. The number of nitrogen functional groups attached to an aromatic ring is 1. The molecule has 4 N–H and O–H groups in total. The maximum absolute atomic E-state index is 13.8. The van der Waals surface area contributed by atoms with Crippen LogP contribution in [0, 0.1) is 23.0 Å². The molecule has 0 unspecified atom stereocenters. The van der Waals surface area contributed by atoms with E-state index in [0.717, 1.165) is 24.3 Å². The van der Waals surface area contributed by atoms with E-state index >= 15 is 0 Å². The maximum Gasteiger partial charge on any atom is 0.337 e. The number of rotatable bonds is 3. The molecule has 7 heteroatoms. The van der Waals surface area contributed by atoms with Gasteiger partial charge in [-0.15, -0.1) is 0 Å². The molecule has 0 spiro atoms. The predicted molar refractivity (Wildman–Crippen MR) is 72.2 cm³/mol. The number of carboxylic acids is 1. The number of nitrogens with zero attached hydrogens (tertiary/aromatic N) is 1. The fourth-order valence-corrected chi connectivity index (χ4v) is 1.73. The van der Waals surface area contributed by atoms with Crippen molar-refractivity contribution >= 4 is 23.0 Å². The lowest BCUT2D eigenvalue weighted by Gasteiger charge is -2.11. The van der Waals surface area contributed by atoms with Gasteiger partial charge in [-0.2, -0.15) is 5.26 Å². The fourth-order valence-electron chi connectivity index (χ4n) is 1.73. The first-order valence-electron chi connectivity index (χ1n) is 5.71. The van der Waals surface area contributed by atoms with Crippen LogP contribution in [0.2, 0.25) is 0 Å². The van der Waals surface area contributed by atoms with E-state index in [1.165, 1.54) is 6.07 Å². The van der Waals surface area contributed by atoms with Gasteiger partial charge in [-0.05, 0) is 30.3 Å². The van der Waals surface area contributed by atoms with E-state index in [1.54, 1.807) is 6.07 Å². The van der Waals surface area contributed by atoms with Gasteiger partial charge in [0.05, 0.1) is 22.5 Å². The number of hydrogen-bond acceptors (Lipinski definition) is 4. The first-order valence-corrected chi connectivity index (χ1v) is 5.71. The Bertz CT molecular complexity index is 770. The van der Waals surface area contributed by atoms with Gasteiger partial charge >= 0.3 is 5.97 Å². The number of anilines is 3. The van der Waals surface area contributed by atoms with Crippen LogP contribution in [0.3, 0.4) is 0 Å². The Labute approximate surface area is 118 Å². The average molecular weight is 289 g/mol. The number of hydrogen-bond donors (Lipinski definition) is 3. The van der Waals surface area contributed by atoms with Crippen molar-refractivity contribution in [2.45, 2.75) is 0 Å². The molecule has 0 saturated heterocycles. The van der Waals surface area contributed by atoms with Gasteiger partial charge in [-0.25, -0.2) is 13.6 Å². The van der Waals surface area contributed by atoms with E-state index in [4.69, 9.17) is 16.1 Å². The second-order valence-corrected chi connectivity index (χ2v) is 4.15. The third-order valence-corrected chi connectivity index (χ3v) is 2.74. The number of carboxylic acid groups (broad SMARTS) is 1. The normalized spacial score (nSPS) is 9.95. The fraction of sp³-hybridized carbons (Fsp3) is 0. The third-order valence-electron chi connectivity index (χ3n) is 2.74. The highest BCUT2D eigenvalue weighted by Crippen LogP contribution is 2.27. The quantitative estimate of drug-likeness (QED) is 0.754. The van der Waals surface area contributed by atoms with Crippen molar-refractivity contribution in [3.8, 4) is 6.07 Å². The van der Waals surface area contributed by atoms with E-state index in [9.17, 15) is 13.6 Å². The molecule has 2 aromatic carbocycles. The Morgan fingerprint density at radius 3 is 2.57 bits per heavy atom. The number of nitrogens with one attached hydrogen (secondary N) is 1. The highest BCUT2D eigenvalue weighted by Gasteiger charge is 2.14. The highest BCUT2D eigenvalue weighted by atomic mass is 19.1. The van der Waals surface area contributed by atoms with Crippen LogP contribution >= 0.6 is 0 Å². The summed E-state index contributed by atoms with van der Waals surface area (Å²) in [5.74, 6) is -2.71. The molecular formula is C14H9F2N3O2. The summed E-state index contributed by atoms with van der Waals surface area (Å²) in [5.41, 5.74) is 4.85. The van der Waals surface area contributed by atoms with Crippen LogP contribution in [-0.2, 0) is 0 Å². The molecule has 0 heterocycles. The van der Waals surface area contributed by atoms with E-state index in [-0.39, 0.29) is 28.2 Å². The van der Waals surface area contributed by atoms with Crippen LogP contribution in [0.1, 0.15) is 15.9 Å². The van der Waals surface area contributed by atoms with Gasteiger partial charge in [-0.3, -0.25) is 0 Å². The Morgan fingerprint density at radius 2 is 1.95 bits per heavy atom.